The van der Waals surface area contributed by atoms with Crippen LogP contribution in [0.5, 0.6) is 0 Å². The van der Waals surface area contributed by atoms with E-state index in [4.69, 9.17) is 10.9 Å². The van der Waals surface area contributed by atoms with Gasteiger partial charge in [0.2, 0.25) is 10.0 Å². The largest absolute Gasteiger partial charge is 0.409 e. The van der Waals surface area contributed by atoms with E-state index in [1.54, 1.807) is 24.3 Å². The first kappa shape index (κ1) is 13.7. The second-order valence-corrected chi connectivity index (χ2v) is 6.77. The molecule has 0 saturated heterocycles. The van der Waals surface area contributed by atoms with Crippen molar-refractivity contribution in [3.8, 4) is 0 Å². The van der Waals surface area contributed by atoms with E-state index in [9.17, 15) is 8.42 Å². The van der Waals surface area contributed by atoms with Crippen molar-refractivity contribution < 1.29 is 13.6 Å². The minimum Gasteiger partial charge on any atom is -0.409 e. The van der Waals surface area contributed by atoms with E-state index in [1.165, 1.54) is 11.4 Å². The maximum atomic E-state index is 12.1. The van der Waals surface area contributed by atoms with Crippen LogP contribution in [0.25, 0.3) is 0 Å². The highest BCUT2D eigenvalue weighted by Gasteiger charge is 2.30. The predicted octanol–water partition coefficient (Wildman–Crippen LogP) is 0.957. The molecule has 104 valence electrons. The quantitative estimate of drug-likeness (QED) is 0.364. The fourth-order valence-corrected chi connectivity index (χ4v) is 3.35. The van der Waals surface area contributed by atoms with Crippen molar-refractivity contribution in [3.63, 3.8) is 0 Å². The Kier molecular flexibility index (Phi) is 3.66. The van der Waals surface area contributed by atoms with Crippen LogP contribution in [-0.2, 0) is 10.0 Å². The molecule has 1 aliphatic carbocycles. The third-order valence-corrected chi connectivity index (χ3v) is 5.13. The number of hydrogen-bond donors (Lipinski definition) is 2. The van der Waals surface area contributed by atoms with Gasteiger partial charge in [-0.2, -0.15) is 0 Å². The zero-order valence-electron chi connectivity index (χ0n) is 10.7. The van der Waals surface area contributed by atoms with Crippen LogP contribution in [0.2, 0.25) is 0 Å². The average Bonchev–Trinajstić information content (AvgIpc) is 3.20. The highest BCUT2D eigenvalue weighted by Crippen LogP contribution is 2.31. The zero-order valence-corrected chi connectivity index (χ0v) is 11.5. The van der Waals surface area contributed by atoms with E-state index in [2.05, 4.69) is 5.16 Å². The first-order chi connectivity index (χ1) is 8.94. The standard InChI is InChI=1S/C12H17N3O3S/c1-15(19(17,18)8-9-2-3-9)11-6-4-10(5-7-11)12(13)14-16/h4-7,9,16H,2-3,8H2,1H3,(H2,13,14). The molecule has 19 heavy (non-hydrogen) atoms. The van der Waals surface area contributed by atoms with Gasteiger partial charge in [0.25, 0.3) is 0 Å². The first-order valence-corrected chi connectivity index (χ1v) is 7.59. The molecule has 0 spiro atoms. The minimum atomic E-state index is -3.27. The zero-order chi connectivity index (χ0) is 14.0. The third kappa shape index (κ3) is 3.17. The lowest BCUT2D eigenvalue weighted by molar-refractivity contribution is 0.318. The Balaban J connectivity index is 2.17. The van der Waals surface area contributed by atoms with Gasteiger partial charge in [0.1, 0.15) is 0 Å². The Morgan fingerprint density at radius 3 is 2.47 bits per heavy atom. The number of rotatable bonds is 5. The summed E-state index contributed by atoms with van der Waals surface area (Å²) in [5, 5.41) is 11.5. The van der Waals surface area contributed by atoms with Gasteiger partial charge in [-0.15, -0.1) is 0 Å². The molecule has 0 unspecified atom stereocenters. The molecule has 1 saturated carbocycles. The van der Waals surface area contributed by atoms with Gasteiger partial charge in [-0.3, -0.25) is 4.31 Å². The molecule has 0 amide bonds. The topological polar surface area (TPSA) is 96.0 Å². The van der Waals surface area contributed by atoms with Crippen molar-refractivity contribution in [2.45, 2.75) is 12.8 Å². The van der Waals surface area contributed by atoms with Gasteiger partial charge in [-0.1, -0.05) is 5.16 Å². The van der Waals surface area contributed by atoms with Crippen LogP contribution in [0.4, 0.5) is 5.69 Å². The fraction of sp³-hybridized carbons (Fsp3) is 0.417. The summed E-state index contributed by atoms with van der Waals surface area (Å²) in [6.45, 7) is 0. The summed E-state index contributed by atoms with van der Waals surface area (Å²) in [7, 11) is -1.73. The lowest BCUT2D eigenvalue weighted by Gasteiger charge is -2.19. The lowest BCUT2D eigenvalue weighted by atomic mass is 10.2. The second kappa shape index (κ2) is 5.08. The summed E-state index contributed by atoms with van der Waals surface area (Å²) >= 11 is 0. The van der Waals surface area contributed by atoms with Crippen molar-refractivity contribution in [2.24, 2.45) is 16.8 Å². The summed E-state index contributed by atoms with van der Waals surface area (Å²) in [5.41, 5.74) is 6.55. The van der Waals surface area contributed by atoms with Crippen molar-refractivity contribution in [3.05, 3.63) is 29.8 Å². The Bertz CT molecular complexity index is 577. The molecule has 0 atom stereocenters. The van der Waals surface area contributed by atoms with Crippen molar-refractivity contribution in [1.29, 1.82) is 0 Å². The van der Waals surface area contributed by atoms with E-state index in [0.29, 0.717) is 17.2 Å². The van der Waals surface area contributed by atoms with Crippen LogP contribution < -0.4 is 10.0 Å². The molecule has 2 rings (SSSR count). The molecule has 3 N–H and O–H groups in total. The van der Waals surface area contributed by atoms with E-state index in [-0.39, 0.29) is 11.6 Å². The van der Waals surface area contributed by atoms with Gasteiger partial charge in [0.15, 0.2) is 5.84 Å². The molecule has 0 aromatic heterocycles. The molecular weight excluding hydrogens is 266 g/mol. The number of sulfonamides is 1. The van der Waals surface area contributed by atoms with E-state index in [1.807, 2.05) is 0 Å². The molecule has 6 nitrogen and oxygen atoms in total. The highest BCUT2D eigenvalue weighted by molar-refractivity contribution is 7.92. The summed E-state index contributed by atoms with van der Waals surface area (Å²) in [6.07, 6.45) is 1.99. The molecule has 0 aliphatic heterocycles. The summed E-state index contributed by atoms with van der Waals surface area (Å²) in [5.74, 6) is 0.504. The summed E-state index contributed by atoms with van der Waals surface area (Å²) in [6, 6.07) is 6.51. The molecule has 0 heterocycles. The first-order valence-electron chi connectivity index (χ1n) is 5.98. The lowest BCUT2D eigenvalue weighted by Crippen LogP contribution is -2.29. The van der Waals surface area contributed by atoms with Crippen molar-refractivity contribution >= 4 is 21.5 Å². The van der Waals surface area contributed by atoms with Gasteiger partial charge >= 0.3 is 0 Å². The second-order valence-electron chi connectivity index (χ2n) is 4.72. The number of anilines is 1. The van der Waals surface area contributed by atoms with Crippen LogP contribution in [0.15, 0.2) is 29.4 Å². The summed E-state index contributed by atoms with van der Waals surface area (Å²) in [4.78, 5) is 0. The highest BCUT2D eigenvalue weighted by atomic mass is 32.2. The third-order valence-electron chi connectivity index (χ3n) is 3.19. The van der Waals surface area contributed by atoms with Crippen LogP contribution in [0.1, 0.15) is 18.4 Å². The number of hydrogen-bond acceptors (Lipinski definition) is 4. The van der Waals surface area contributed by atoms with Crippen molar-refractivity contribution in [1.82, 2.24) is 0 Å². The number of amidine groups is 1. The number of nitrogens with two attached hydrogens (primary N) is 1. The summed E-state index contributed by atoms with van der Waals surface area (Å²) < 4.78 is 25.5. The van der Waals surface area contributed by atoms with Gasteiger partial charge in [-0.25, -0.2) is 8.42 Å². The van der Waals surface area contributed by atoms with Crippen LogP contribution in [-0.4, -0.2) is 32.3 Å². The monoisotopic (exact) mass is 283 g/mol. The molecular formula is C12H17N3O3S. The fourth-order valence-electron chi connectivity index (χ4n) is 1.75. The smallest absolute Gasteiger partial charge is 0.235 e. The maximum Gasteiger partial charge on any atom is 0.235 e. The van der Waals surface area contributed by atoms with Gasteiger partial charge in [0, 0.05) is 12.6 Å². The van der Waals surface area contributed by atoms with Crippen LogP contribution in [0.3, 0.4) is 0 Å². The van der Waals surface area contributed by atoms with Gasteiger partial charge in [-0.05, 0) is 43.0 Å². The Hall–Kier alpha value is -1.76. The molecule has 0 radical (unpaired) electrons. The maximum absolute atomic E-state index is 12.1. The molecule has 1 aliphatic rings. The van der Waals surface area contributed by atoms with Crippen LogP contribution >= 0.6 is 0 Å². The minimum absolute atomic E-state index is 0.00459. The average molecular weight is 283 g/mol. The van der Waals surface area contributed by atoms with E-state index < -0.39 is 10.0 Å². The van der Waals surface area contributed by atoms with E-state index >= 15 is 0 Å². The predicted molar refractivity (Wildman–Crippen MR) is 73.9 cm³/mol. The Labute approximate surface area is 112 Å². The van der Waals surface area contributed by atoms with Gasteiger partial charge < -0.3 is 10.9 Å². The molecule has 1 fully saturated rings. The number of oxime groups is 1. The molecule has 0 bridgehead atoms. The molecule has 1 aromatic carbocycles. The van der Waals surface area contributed by atoms with Crippen LogP contribution in [0, 0.1) is 5.92 Å². The normalized spacial score (nSPS) is 16.4. The Morgan fingerprint density at radius 1 is 1.42 bits per heavy atom. The Morgan fingerprint density at radius 2 is 2.00 bits per heavy atom. The SMILES string of the molecule is CN(c1ccc(C(N)=NO)cc1)S(=O)(=O)CC1CC1. The van der Waals surface area contributed by atoms with Crippen molar-refractivity contribution in [2.75, 3.05) is 17.1 Å². The molecule has 1 aromatic rings. The molecule has 7 heteroatoms. The van der Waals surface area contributed by atoms with E-state index in [0.717, 1.165) is 12.8 Å². The van der Waals surface area contributed by atoms with Gasteiger partial charge in [0.05, 0.1) is 11.4 Å². The number of benzene rings is 1. The number of nitrogens with zero attached hydrogens (tertiary/aromatic N) is 2.